The quantitative estimate of drug-likeness (QED) is 0.236. The first-order valence-corrected chi connectivity index (χ1v) is 6.40. The number of nitro benzene ring substituents is 1. The Labute approximate surface area is 162 Å². The maximum Gasteiger partial charge on any atom is 1.00 e. The number of hydrogen-bond donors (Lipinski definition) is 1. The molecule has 3 rings (SSSR count). The number of rotatable bonds is 4. The van der Waals surface area contributed by atoms with Gasteiger partial charge in [0.05, 0.1) is 11.1 Å². The molecule has 2 heterocycles. The molecule has 25 heavy (non-hydrogen) atoms. The van der Waals surface area contributed by atoms with Gasteiger partial charge in [-0.25, -0.2) is 4.79 Å². The maximum absolute atomic E-state index is 11.3. The number of benzene rings is 1. The molecule has 0 aliphatic heterocycles. The Bertz CT molecular complexity index is 941. The summed E-state index contributed by atoms with van der Waals surface area (Å²) in [7, 11) is 0. The Balaban J connectivity index is 0.00000156. The fourth-order valence-electron chi connectivity index (χ4n) is 1.89. The van der Waals surface area contributed by atoms with Gasteiger partial charge in [-0.05, 0) is 30.1 Å². The van der Waals surface area contributed by atoms with Gasteiger partial charge >= 0.3 is 35.2 Å². The van der Waals surface area contributed by atoms with Crippen LogP contribution in [0, 0.1) is 10.1 Å². The summed E-state index contributed by atoms with van der Waals surface area (Å²) in [5, 5.41) is 25.4. The third-order valence-electron chi connectivity index (χ3n) is 2.98. The summed E-state index contributed by atoms with van der Waals surface area (Å²) in [6.45, 7) is 0. The average Bonchev–Trinajstić information content (AvgIpc) is 3.11. The van der Waals surface area contributed by atoms with Crippen molar-refractivity contribution in [1.82, 2.24) is 9.66 Å². The van der Waals surface area contributed by atoms with Crippen molar-refractivity contribution >= 4 is 11.9 Å². The van der Waals surface area contributed by atoms with Gasteiger partial charge in [-0.2, -0.15) is 9.78 Å². The summed E-state index contributed by atoms with van der Waals surface area (Å²) in [6, 6.07) is 9.18. The molecule has 0 saturated heterocycles. The van der Waals surface area contributed by atoms with E-state index in [0.717, 1.165) is 10.9 Å². The van der Waals surface area contributed by atoms with Gasteiger partial charge in [-0.3, -0.25) is 10.1 Å². The van der Waals surface area contributed by atoms with E-state index in [2.05, 4.69) is 5.10 Å². The van der Waals surface area contributed by atoms with E-state index in [4.69, 9.17) is 4.42 Å². The normalized spacial score (nSPS) is 10.2. The minimum Gasteiger partial charge on any atom is -0.859 e. The Morgan fingerprint density at radius 3 is 2.44 bits per heavy atom. The van der Waals surface area contributed by atoms with Crippen LogP contribution in [0.2, 0.25) is 0 Å². The molecule has 0 spiro atoms. The molecule has 0 saturated carbocycles. The predicted octanol–water partition coefficient (Wildman–Crippen LogP) is -2.52. The molecule has 0 amide bonds. The summed E-state index contributed by atoms with van der Waals surface area (Å²) in [5.41, 5.74) is 0.00615. The van der Waals surface area contributed by atoms with Gasteiger partial charge < -0.3 is 20.0 Å². The van der Waals surface area contributed by atoms with Crippen molar-refractivity contribution in [2.24, 2.45) is 5.10 Å². The van der Waals surface area contributed by atoms with Crippen molar-refractivity contribution in [3.63, 3.8) is 0 Å². The van der Waals surface area contributed by atoms with Crippen molar-refractivity contribution in [3.8, 4) is 17.2 Å². The summed E-state index contributed by atoms with van der Waals surface area (Å²) in [5.74, 6) is 0.310. The molecule has 1 aromatic carbocycles. The smallest absolute Gasteiger partial charge is 0.859 e. The van der Waals surface area contributed by atoms with Gasteiger partial charge in [-0.15, -0.1) is 0 Å². The first kappa shape index (κ1) is 20.4. The number of H-pyrrole nitrogens is 1. The number of imidazole rings is 1. The number of nitro groups is 1. The van der Waals surface area contributed by atoms with Gasteiger partial charge in [0.15, 0.2) is 0 Å². The van der Waals surface area contributed by atoms with Crippen LogP contribution in [-0.4, -0.2) is 26.3 Å². The van der Waals surface area contributed by atoms with Crippen LogP contribution in [0.15, 0.2) is 56.9 Å². The van der Waals surface area contributed by atoms with Gasteiger partial charge in [0.2, 0.25) is 0 Å². The van der Waals surface area contributed by atoms with Crippen LogP contribution >= 0.6 is 0 Å². The molecule has 124 valence electrons. The number of furan rings is 1. The monoisotopic (exact) mass is 354 g/mol. The minimum absolute atomic E-state index is 0. The van der Waals surface area contributed by atoms with Crippen LogP contribution in [0.25, 0.3) is 11.3 Å². The molecular formula is C14H11N4NaO6. The molecular weight excluding hydrogens is 343 g/mol. The number of nitrogens with one attached hydrogen (secondary N) is 1. The SMILES string of the molecule is O.O=c1[nH]c([O-])cn1N=Cc1ccc(-c2ccc([N+](=O)[O-])cc2)o1.[Na+]. The zero-order valence-corrected chi connectivity index (χ0v) is 15.0. The number of hydrogen-bond acceptors (Lipinski definition) is 6. The van der Waals surface area contributed by atoms with Crippen LogP contribution < -0.4 is 40.4 Å². The molecule has 0 unspecified atom stereocenters. The Kier molecular flexibility index (Phi) is 6.88. The topological polar surface area (TPSA) is 161 Å². The van der Waals surface area contributed by atoms with Crippen LogP contribution in [0.3, 0.4) is 0 Å². The van der Waals surface area contributed by atoms with E-state index in [1.54, 1.807) is 24.3 Å². The Morgan fingerprint density at radius 1 is 1.20 bits per heavy atom. The van der Waals surface area contributed by atoms with Crippen molar-refractivity contribution in [2.75, 3.05) is 0 Å². The van der Waals surface area contributed by atoms with Crippen molar-refractivity contribution in [3.05, 3.63) is 69.0 Å². The zero-order valence-electron chi connectivity index (χ0n) is 13.0. The Morgan fingerprint density at radius 2 is 1.88 bits per heavy atom. The number of non-ortho nitro benzene ring substituents is 1. The van der Waals surface area contributed by atoms with Crippen LogP contribution in [0.4, 0.5) is 5.69 Å². The van der Waals surface area contributed by atoms with Crippen molar-refractivity contribution in [1.29, 1.82) is 0 Å². The number of nitrogens with zero attached hydrogens (tertiary/aromatic N) is 3. The third-order valence-corrected chi connectivity index (χ3v) is 2.98. The first-order chi connectivity index (χ1) is 11.0. The second-order valence-corrected chi connectivity index (χ2v) is 4.52. The van der Waals surface area contributed by atoms with Gasteiger partial charge in [-0.1, -0.05) is 0 Å². The van der Waals surface area contributed by atoms with Gasteiger partial charge in [0, 0.05) is 23.9 Å². The summed E-state index contributed by atoms with van der Waals surface area (Å²) >= 11 is 0. The van der Waals surface area contributed by atoms with E-state index in [0.29, 0.717) is 17.1 Å². The zero-order chi connectivity index (χ0) is 16.4. The molecule has 2 aromatic heterocycles. The molecule has 0 fully saturated rings. The van der Waals surface area contributed by atoms with E-state index < -0.39 is 16.5 Å². The fraction of sp³-hybridized carbons (Fsp3) is 0. The molecule has 0 aliphatic carbocycles. The number of aromatic amines is 1. The fourth-order valence-corrected chi connectivity index (χ4v) is 1.89. The van der Waals surface area contributed by atoms with E-state index in [1.165, 1.54) is 18.3 Å². The molecule has 0 bridgehead atoms. The second kappa shape index (κ2) is 8.44. The van der Waals surface area contributed by atoms with Crippen LogP contribution in [0.1, 0.15) is 5.76 Å². The third kappa shape index (κ3) is 4.67. The molecule has 3 N–H and O–H groups in total. The van der Waals surface area contributed by atoms with E-state index in [-0.39, 0.29) is 40.7 Å². The van der Waals surface area contributed by atoms with E-state index in [1.807, 2.05) is 4.98 Å². The molecule has 11 heteroatoms. The van der Waals surface area contributed by atoms with Crippen molar-refractivity contribution < 1.29 is 49.5 Å². The summed E-state index contributed by atoms with van der Waals surface area (Å²) < 4.78 is 6.37. The summed E-state index contributed by atoms with van der Waals surface area (Å²) in [4.78, 5) is 23.5. The first-order valence-electron chi connectivity index (χ1n) is 6.40. The van der Waals surface area contributed by atoms with Gasteiger partial charge in [0.25, 0.3) is 5.69 Å². The minimum atomic E-state index is -0.645. The molecule has 0 aliphatic rings. The Hall–Kier alpha value is -2.66. The standard InChI is InChI=1S/C14H10N4O5.Na.H2O/c19-13-8-17(14(20)16-13)15-7-11-5-6-12(23-11)9-1-3-10(4-2-9)18(21)22;;/h1-8,19H,(H,16,20);;1H2/q;+1;/p-1. The van der Waals surface area contributed by atoms with Crippen LogP contribution in [-0.2, 0) is 0 Å². The number of aromatic nitrogens is 2. The maximum atomic E-state index is 11.3. The van der Waals surface area contributed by atoms with Crippen LogP contribution in [0.5, 0.6) is 5.88 Å². The summed E-state index contributed by atoms with van der Waals surface area (Å²) in [6.07, 6.45) is 2.29. The molecule has 10 nitrogen and oxygen atoms in total. The molecule has 0 atom stereocenters. The second-order valence-electron chi connectivity index (χ2n) is 4.52. The largest absolute Gasteiger partial charge is 1.00 e. The van der Waals surface area contributed by atoms with Gasteiger partial charge in [0.1, 0.15) is 11.5 Å². The van der Waals surface area contributed by atoms with Crippen molar-refractivity contribution in [2.45, 2.75) is 0 Å². The predicted molar refractivity (Wildman–Crippen MR) is 81.9 cm³/mol. The average molecular weight is 354 g/mol. The molecule has 0 radical (unpaired) electrons. The van der Waals surface area contributed by atoms with E-state index >= 15 is 0 Å². The van der Waals surface area contributed by atoms with E-state index in [9.17, 15) is 20.0 Å². The molecule has 3 aromatic rings.